The predicted octanol–water partition coefficient (Wildman–Crippen LogP) is 2.06. The fourth-order valence-electron chi connectivity index (χ4n) is 3.50. The van der Waals surface area contributed by atoms with Crippen LogP contribution in [0.2, 0.25) is 0 Å². The Kier molecular flexibility index (Phi) is 8.90. The van der Waals surface area contributed by atoms with Crippen LogP contribution >= 0.6 is 0 Å². The number of aliphatic imine (C=N–C) groups is 1. The molecule has 8 heteroatoms. The third kappa shape index (κ3) is 7.40. The average molecular weight is 426 g/mol. The summed E-state index contributed by atoms with van der Waals surface area (Å²) < 4.78 is 7.93. The van der Waals surface area contributed by atoms with E-state index in [9.17, 15) is 0 Å². The lowest BCUT2D eigenvalue weighted by Gasteiger charge is -2.36. The molecule has 1 N–H and O–H groups in total. The molecule has 0 aliphatic carbocycles. The van der Waals surface area contributed by atoms with Crippen LogP contribution in [-0.4, -0.2) is 82.9 Å². The standard InChI is InChI=1S/C23H35N7O/c1-4-22-27-26-19-30(22)11-10-24-23(25-18-20(2)3)29-14-12-28(13-15-29)16-17-31-21-8-6-5-7-9-21/h5-9,19H,2,4,10-18H2,1,3H3,(H,24,25). The van der Waals surface area contributed by atoms with E-state index in [0.29, 0.717) is 13.2 Å². The number of para-hydroxylation sites is 1. The minimum absolute atomic E-state index is 0.639. The molecule has 2 heterocycles. The average Bonchev–Trinajstić information content (AvgIpc) is 3.25. The molecule has 31 heavy (non-hydrogen) atoms. The number of hydrogen-bond acceptors (Lipinski definition) is 5. The molecule has 0 unspecified atom stereocenters. The first-order chi connectivity index (χ1) is 15.2. The summed E-state index contributed by atoms with van der Waals surface area (Å²) in [7, 11) is 0. The topological polar surface area (TPSA) is 70.8 Å². The molecule has 1 saturated heterocycles. The van der Waals surface area contributed by atoms with Crippen LogP contribution in [0.25, 0.3) is 0 Å². The zero-order valence-electron chi connectivity index (χ0n) is 18.8. The molecule has 3 rings (SSSR count). The number of nitrogens with zero attached hydrogens (tertiary/aromatic N) is 6. The molecule has 0 bridgehead atoms. The molecule has 1 aliphatic heterocycles. The molecule has 2 aromatic rings. The number of piperazine rings is 1. The van der Waals surface area contributed by atoms with Crippen molar-refractivity contribution in [1.29, 1.82) is 0 Å². The van der Waals surface area contributed by atoms with E-state index in [1.165, 1.54) is 0 Å². The van der Waals surface area contributed by atoms with Crippen molar-refractivity contribution in [3.63, 3.8) is 0 Å². The maximum atomic E-state index is 5.84. The molecule has 0 amide bonds. The van der Waals surface area contributed by atoms with Crippen LogP contribution < -0.4 is 10.1 Å². The minimum atomic E-state index is 0.639. The van der Waals surface area contributed by atoms with E-state index < -0.39 is 0 Å². The molecule has 8 nitrogen and oxygen atoms in total. The SMILES string of the molecule is C=C(C)CN=C(NCCn1cnnc1CC)N1CCN(CCOc2ccccc2)CC1. The highest BCUT2D eigenvalue weighted by Gasteiger charge is 2.19. The molecule has 1 aromatic heterocycles. The Labute approximate surface area is 185 Å². The first-order valence-corrected chi connectivity index (χ1v) is 11.1. The van der Waals surface area contributed by atoms with Crippen molar-refractivity contribution in [3.05, 3.63) is 54.6 Å². The summed E-state index contributed by atoms with van der Waals surface area (Å²) in [5.41, 5.74) is 1.06. The number of guanidine groups is 1. The van der Waals surface area contributed by atoms with Gasteiger partial charge >= 0.3 is 0 Å². The smallest absolute Gasteiger partial charge is 0.194 e. The van der Waals surface area contributed by atoms with Gasteiger partial charge in [0.05, 0.1) is 6.54 Å². The first-order valence-electron chi connectivity index (χ1n) is 11.1. The van der Waals surface area contributed by atoms with Gasteiger partial charge in [-0.3, -0.25) is 4.90 Å². The van der Waals surface area contributed by atoms with Crippen molar-refractivity contribution in [3.8, 4) is 5.75 Å². The Morgan fingerprint density at radius 2 is 1.94 bits per heavy atom. The molecule has 168 valence electrons. The summed E-state index contributed by atoms with van der Waals surface area (Å²) in [5, 5.41) is 11.7. The summed E-state index contributed by atoms with van der Waals surface area (Å²) in [4.78, 5) is 9.57. The third-order valence-corrected chi connectivity index (χ3v) is 5.24. The van der Waals surface area contributed by atoms with Crippen molar-refractivity contribution in [2.45, 2.75) is 26.8 Å². The number of ether oxygens (including phenoxy) is 1. The van der Waals surface area contributed by atoms with Crippen molar-refractivity contribution in [2.75, 3.05) is 52.4 Å². The number of benzene rings is 1. The molecule has 0 atom stereocenters. The molecule has 1 aromatic carbocycles. The lowest BCUT2D eigenvalue weighted by molar-refractivity contribution is 0.152. The molecule has 1 aliphatic rings. The lowest BCUT2D eigenvalue weighted by atomic mass is 10.3. The maximum absolute atomic E-state index is 5.84. The highest BCUT2D eigenvalue weighted by Crippen LogP contribution is 2.09. The normalized spacial score (nSPS) is 15.2. The van der Waals surface area contributed by atoms with E-state index in [2.05, 4.69) is 43.4 Å². The van der Waals surface area contributed by atoms with Crippen molar-refractivity contribution < 1.29 is 4.74 Å². The van der Waals surface area contributed by atoms with Crippen molar-refractivity contribution >= 4 is 5.96 Å². The molecular weight excluding hydrogens is 390 g/mol. The highest BCUT2D eigenvalue weighted by molar-refractivity contribution is 5.80. The van der Waals surface area contributed by atoms with E-state index in [0.717, 1.165) is 75.3 Å². The van der Waals surface area contributed by atoms with E-state index in [1.807, 2.05) is 37.3 Å². The largest absolute Gasteiger partial charge is 0.492 e. The molecule has 0 saturated carbocycles. The number of nitrogens with one attached hydrogen (secondary N) is 1. The van der Waals surface area contributed by atoms with Crippen LogP contribution in [-0.2, 0) is 13.0 Å². The zero-order chi connectivity index (χ0) is 21.9. The van der Waals surface area contributed by atoms with Gasteiger partial charge in [-0.1, -0.05) is 37.3 Å². The monoisotopic (exact) mass is 425 g/mol. The Balaban J connectivity index is 1.45. The van der Waals surface area contributed by atoms with Gasteiger partial charge in [0.1, 0.15) is 24.5 Å². The van der Waals surface area contributed by atoms with Gasteiger partial charge in [-0.2, -0.15) is 0 Å². The number of rotatable bonds is 10. The maximum Gasteiger partial charge on any atom is 0.194 e. The van der Waals surface area contributed by atoms with E-state index in [4.69, 9.17) is 9.73 Å². The summed E-state index contributed by atoms with van der Waals surface area (Å²) in [6, 6.07) is 10.00. The Morgan fingerprint density at radius 1 is 1.16 bits per heavy atom. The van der Waals surface area contributed by atoms with E-state index >= 15 is 0 Å². The lowest BCUT2D eigenvalue weighted by Crippen LogP contribution is -2.53. The number of aryl methyl sites for hydroxylation is 1. The van der Waals surface area contributed by atoms with Crippen LogP contribution in [0.15, 0.2) is 53.8 Å². The Bertz CT molecular complexity index is 825. The van der Waals surface area contributed by atoms with E-state index in [1.54, 1.807) is 6.33 Å². The second-order valence-electron chi connectivity index (χ2n) is 7.81. The molecular formula is C23H35N7O. The van der Waals surface area contributed by atoms with Gasteiger partial charge in [0.2, 0.25) is 0 Å². The third-order valence-electron chi connectivity index (χ3n) is 5.24. The van der Waals surface area contributed by atoms with Gasteiger partial charge in [-0.25, -0.2) is 4.99 Å². The minimum Gasteiger partial charge on any atom is -0.492 e. The highest BCUT2D eigenvalue weighted by atomic mass is 16.5. The van der Waals surface area contributed by atoms with E-state index in [-0.39, 0.29) is 0 Å². The predicted molar refractivity (Wildman–Crippen MR) is 124 cm³/mol. The van der Waals surface area contributed by atoms with Crippen LogP contribution in [0.4, 0.5) is 0 Å². The van der Waals surface area contributed by atoms with Crippen molar-refractivity contribution in [1.82, 2.24) is 29.9 Å². The van der Waals surface area contributed by atoms with Crippen molar-refractivity contribution in [2.24, 2.45) is 4.99 Å². The summed E-state index contributed by atoms with van der Waals surface area (Å²) in [5.74, 6) is 2.89. The van der Waals surface area contributed by atoms with Gasteiger partial charge in [0.25, 0.3) is 0 Å². The fraction of sp³-hybridized carbons (Fsp3) is 0.522. The summed E-state index contributed by atoms with van der Waals surface area (Å²) >= 11 is 0. The number of aromatic nitrogens is 3. The molecule has 0 radical (unpaired) electrons. The summed E-state index contributed by atoms with van der Waals surface area (Å²) in [6.45, 7) is 15.9. The summed E-state index contributed by atoms with van der Waals surface area (Å²) in [6.07, 6.45) is 2.67. The van der Waals surface area contributed by atoms with Crippen LogP contribution in [0, 0.1) is 0 Å². The van der Waals surface area contributed by atoms with Gasteiger partial charge in [0.15, 0.2) is 5.96 Å². The second-order valence-corrected chi connectivity index (χ2v) is 7.81. The van der Waals surface area contributed by atoms with Gasteiger partial charge in [-0.05, 0) is 19.1 Å². The zero-order valence-corrected chi connectivity index (χ0v) is 18.8. The Hall–Kier alpha value is -2.87. The first kappa shape index (κ1) is 22.8. The molecule has 1 fully saturated rings. The molecule has 0 spiro atoms. The van der Waals surface area contributed by atoms with Gasteiger partial charge in [-0.15, -0.1) is 10.2 Å². The second kappa shape index (κ2) is 12.1. The quantitative estimate of drug-likeness (QED) is 0.357. The number of hydrogen-bond donors (Lipinski definition) is 1. The van der Waals surface area contributed by atoms with Crippen LogP contribution in [0.3, 0.4) is 0 Å². The van der Waals surface area contributed by atoms with Crippen LogP contribution in [0.1, 0.15) is 19.7 Å². The van der Waals surface area contributed by atoms with Gasteiger partial charge in [0, 0.05) is 52.2 Å². The Morgan fingerprint density at radius 3 is 2.65 bits per heavy atom. The fourth-order valence-corrected chi connectivity index (χ4v) is 3.50. The van der Waals surface area contributed by atoms with Crippen LogP contribution in [0.5, 0.6) is 5.75 Å². The van der Waals surface area contributed by atoms with Gasteiger partial charge < -0.3 is 19.5 Å².